The Kier molecular flexibility index (Phi) is 5.15. The zero-order valence-corrected chi connectivity index (χ0v) is 17.1. The van der Waals surface area contributed by atoms with Crippen LogP contribution in [0.3, 0.4) is 0 Å². The lowest BCUT2D eigenvalue weighted by molar-refractivity contribution is -0.138. The summed E-state index contributed by atoms with van der Waals surface area (Å²) in [5.74, 6) is 0. The molecule has 0 unspecified atom stereocenters. The van der Waals surface area contributed by atoms with Gasteiger partial charge in [0.25, 0.3) is 0 Å². The molecule has 0 saturated heterocycles. The first-order valence-electron chi connectivity index (χ1n) is 10.1. The molecule has 29 heavy (non-hydrogen) atoms. The molecule has 4 rings (SSSR count). The third kappa shape index (κ3) is 3.90. The molecule has 0 bridgehead atoms. The van der Waals surface area contributed by atoms with Crippen LogP contribution in [0.25, 0.3) is 10.9 Å². The van der Waals surface area contributed by atoms with Crippen molar-refractivity contribution in [3.05, 3.63) is 64.1 Å². The van der Waals surface area contributed by atoms with Gasteiger partial charge in [-0.25, -0.2) is 0 Å². The van der Waals surface area contributed by atoms with Gasteiger partial charge in [-0.05, 0) is 63.1 Å². The van der Waals surface area contributed by atoms with Crippen LogP contribution in [-0.4, -0.2) is 34.6 Å². The molecule has 0 amide bonds. The largest absolute Gasteiger partial charge is 0.416 e. The van der Waals surface area contributed by atoms with Crippen LogP contribution in [0, 0.1) is 13.8 Å². The van der Waals surface area contributed by atoms with E-state index in [0.717, 1.165) is 37.5 Å². The van der Waals surface area contributed by atoms with Gasteiger partial charge in [-0.2, -0.15) is 13.2 Å². The quantitative estimate of drug-likeness (QED) is 0.620. The molecule has 6 heteroatoms. The molecule has 0 saturated carbocycles. The second-order valence-corrected chi connectivity index (χ2v) is 8.13. The van der Waals surface area contributed by atoms with E-state index in [4.69, 9.17) is 0 Å². The summed E-state index contributed by atoms with van der Waals surface area (Å²) in [7, 11) is 2.12. The summed E-state index contributed by atoms with van der Waals surface area (Å²) in [4.78, 5) is 6.44. The molecule has 0 N–H and O–H groups in total. The Morgan fingerprint density at radius 3 is 2.59 bits per heavy atom. The lowest BCUT2D eigenvalue weighted by Gasteiger charge is -2.16. The number of fused-ring (bicyclic) bond motifs is 3. The lowest BCUT2D eigenvalue weighted by atomic mass is 10.1. The molecule has 2 aromatic heterocycles. The predicted molar refractivity (Wildman–Crippen MR) is 109 cm³/mol. The van der Waals surface area contributed by atoms with Gasteiger partial charge in [-0.1, -0.05) is 11.6 Å². The van der Waals surface area contributed by atoms with Gasteiger partial charge in [0, 0.05) is 54.5 Å². The molecule has 0 aliphatic carbocycles. The average Bonchev–Trinajstić information content (AvgIpc) is 2.80. The molecular weight excluding hydrogens is 375 g/mol. The molecule has 0 spiro atoms. The smallest absolute Gasteiger partial charge is 0.344 e. The minimum atomic E-state index is -4.36. The minimum absolute atomic E-state index is 0.261. The fraction of sp³-hybridized carbons (Fsp3) is 0.435. The van der Waals surface area contributed by atoms with Crippen molar-refractivity contribution in [3.63, 3.8) is 0 Å². The van der Waals surface area contributed by atoms with Gasteiger partial charge in [0.05, 0.1) is 5.56 Å². The van der Waals surface area contributed by atoms with Crippen LogP contribution >= 0.6 is 0 Å². The fourth-order valence-electron chi connectivity index (χ4n) is 4.41. The maximum Gasteiger partial charge on any atom is 0.416 e. The first-order valence-corrected chi connectivity index (χ1v) is 10.1. The number of nitrogens with zero attached hydrogens (tertiary/aromatic N) is 3. The maximum absolute atomic E-state index is 13.5. The number of alkyl halides is 3. The third-order valence-electron chi connectivity index (χ3n) is 5.95. The van der Waals surface area contributed by atoms with Crippen molar-refractivity contribution in [2.75, 3.05) is 20.1 Å². The molecule has 0 fully saturated rings. The standard InChI is InChI=1S/C23H26F3N3/c1-15-4-5-21-19(12-15)18-7-9-28(3)10-8-22(18)29(21)11-6-17-14-27-16(2)13-20(17)23(24,25)26/h4-5,12-14H,6-11H2,1-3H3. The van der Waals surface area contributed by atoms with Gasteiger partial charge in [0.15, 0.2) is 0 Å². The van der Waals surface area contributed by atoms with E-state index in [9.17, 15) is 13.2 Å². The van der Waals surface area contributed by atoms with Gasteiger partial charge >= 0.3 is 6.18 Å². The Morgan fingerprint density at radius 2 is 1.83 bits per heavy atom. The van der Waals surface area contributed by atoms with Crippen molar-refractivity contribution in [2.45, 2.75) is 45.8 Å². The predicted octanol–water partition coefficient (Wildman–Crippen LogP) is 4.95. The molecule has 1 aliphatic rings. The number of pyridine rings is 1. The number of aryl methyl sites for hydroxylation is 4. The molecule has 3 aromatic rings. The number of likely N-dealkylation sites (N-methyl/N-ethyl adjacent to an activating group) is 1. The van der Waals surface area contributed by atoms with Gasteiger partial charge in [-0.3, -0.25) is 4.98 Å². The van der Waals surface area contributed by atoms with E-state index < -0.39 is 11.7 Å². The zero-order valence-electron chi connectivity index (χ0n) is 17.1. The van der Waals surface area contributed by atoms with Crippen molar-refractivity contribution in [3.8, 4) is 0 Å². The highest BCUT2D eigenvalue weighted by molar-refractivity contribution is 5.86. The number of benzene rings is 1. The summed E-state index contributed by atoms with van der Waals surface area (Å²) < 4.78 is 42.8. The minimum Gasteiger partial charge on any atom is -0.344 e. The SMILES string of the molecule is Cc1ccc2c(c1)c1c(n2CCc2cnc(C)cc2C(F)(F)F)CCN(C)CC1. The van der Waals surface area contributed by atoms with E-state index in [2.05, 4.69) is 46.6 Å². The molecule has 0 radical (unpaired) electrons. The highest BCUT2D eigenvalue weighted by atomic mass is 19.4. The maximum atomic E-state index is 13.5. The second kappa shape index (κ2) is 7.48. The normalized spacial score (nSPS) is 15.5. The van der Waals surface area contributed by atoms with Crippen LogP contribution in [0.2, 0.25) is 0 Å². The molecule has 154 valence electrons. The van der Waals surface area contributed by atoms with Crippen molar-refractivity contribution in [2.24, 2.45) is 0 Å². The molecule has 1 aliphatic heterocycles. The fourth-order valence-corrected chi connectivity index (χ4v) is 4.41. The monoisotopic (exact) mass is 401 g/mol. The van der Waals surface area contributed by atoms with Crippen LogP contribution in [0.5, 0.6) is 0 Å². The van der Waals surface area contributed by atoms with Gasteiger partial charge < -0.3 is 9.47 Å². The van der Waals surface area contributed by atoms with Crippen LogP contribution in [0.4, 0.5) is 13.2 Å². The Balaban J connectivity index is 1.75. The van der Waals surface area contributed by atoms with Gasteiger partial charge in [-0.15, -0.1) is 0 Å². The van der Waals surface area contributed by atoms with Crippen molar-refractivity contribution >= 4 is 10.9 Å². The number of hydrogen-bond donors (Lipinski definition) is 0. The van der Waals surface area contributed by atoms with Crippen LogP contribution in [-0.2, 0) is 32.0 Å². The zero-order chi connectivity index (χ0) is 20.8. The van der Waals surface area contributed by atoms with Crippen molar-refractivity contribution < 1.29 is 13.2 Å². The lowest BCUT2D eigenvalue weighted by Crippen LogP contribution is -2.21. The molecular formula is C23H26F3N3. The molecule has 3 heterocycles. The summed E-state index contributed by atoms with van der Waals surface area (Å²) in [5, 5.41) is 1.24. The highest BCUT2D eigenvalue weighted by Crippen LogP contribution is 2.34. The van der Waals surface area contributed by atoms with E-state index in [0.29, 0.717) is 18.7 Å². The summed E-state index contributed by atoms with van der Waals surface area (Å²) in [6.45, 7) is 6.16. The summed E-state index contributed by atoms with van der Waals surface area (Å²) in [6.07, 6.45) is -0.780. The first kappa shape index (κ1) is 20.0. The summed E-state index contributed by atoms with van der Waals surface area (Å²) >= 11 is 0. The first-order chi connectivity index (χ1) is 13.7. The molecule has 3 nitrogen and oxygen atoms in total. The van der Waals surface area contributed by atoms with E-state index in [-0.39, 0.29) is 5.56 Å². The Morgan fingerprint density at radius 1 is 1.07 bits per heavy atom. The Hall–Kier alpha value is -2.34. The van der Waals surface area contributed by atoms with E-state index in [1.165, 1.54) is 28.4 Å². The number of aromatic nitrogens is 2. The van der Waals surface area contributed by atoms with Gasteiger partial charge in [0.1, 0.15) is 0 Å². The number of halogens is 3. The van der Waals surface area contributed by atoms with E-state index >= 15 is 0 Å². The van der Waals surface area contributed by atoms with Crippen molar-refractivity contribution in [1.82, 2.24) is 14.5 Å². The Bertz CT molecular complexity index is 1050. The Labute approximate surface area is 169 Å². The molecule has 0 atom stereocenters. The van der Waals surface area contributed by atoms with Crippen LogP contribution < -0.4 is 0 Å². The van der Waals surface area contributed by atoms with E-state index in [1.807, 2.05) is 0 Å². The molecule has 1 aromatic carbocycles. The highest BCUT2D eigenvalue weighted by Gasteiger charge is 2.33. The van der Waals surface area contributed by atoms with Crippen LogP contribution in [0.15, 0.2) is 30.5 Å². The second-order valence-electron chi connectivity index (χ2n) is 8.13. The summed E-state index contributed by atoms with van der Waals surface area (Å²) in [6, 6.07) is 7.56. The topological polar surface area (TPSA) is 21.1 Å². The summed E-state index contributed by atoms with van der Waals surface area (Å²) in [5.41, 5.74) is 5.03. The number of rotatable bonds is 3. The van der Waals surface area contributed by atoms with Gasteiger partial charge in [0.2, 0.25) is 0 Å². The van der Waals surface area contributed by atoms with Crippen LogP contribution in [0.1, 0.15) is 33.6 Å². The van der Waals surface area contributed by atoms with E-state index in [1.54, 1.807) is 6.92 Å². The number of hydrogen-bond acceptors (Lipinski definition) is 2. The third-order valence-corrected chi connectivity index (χ3v) is 5.95. The van der Waals surface area contributed by atoms with Crippen molar-refractivity contribution in [1.29, 1.82) is 0 Å². The average molecular weight is 401 g/mol.